The van der Waals surface area contributed by atoms with Crippen LogP contribution in [0.25, 0.3) is 0 Å². The van der Waals surface area contributed by atoms with Gasteiger partial charge in [-0.05, 0) is 20.0 Å². The summed E-state index contributed by atoms with van der Waals surface area (Å²) in [6.45, 7) is 3.43. The van der Waals surface area contributed by atoms with Crippen LogP contribution in [0.5, 0.6) is 0 Å². The SMILES string of the molecule is CNCc1cn(Cc2cc(C)nn2C)nn1. The van der Waals surface area contributed by atoms with Gasteiger partial charge >= 0.3 is 0 Å². The van der Waals surface area contributed by atoms with E-state index in [0.717, 1.165) is 23.6 Å². The van der Waals surface area contributed by atoms with Crippen molar-refractivity contribution in [1.29, 1.82) is 0 Å². The smallest absolute Gasteiger partial charge is 0.0964 e. The third-order valence-corrected chi connectivity index (χ3v) is 2.37. The molecule has 2 rings (SSSR count). The molecule has 0 aliphatic heterocycles. The molecule has 0 radical (unpaired) electrons. The van der Waals surface area contributed by atoms with Crippen molar-refractivity contribution in [1.82, 2.24) is 30.1 Å². The minimum Gasteiger partial charge on any atom is -0.314 e. The Hall–Kier alpha value is -1.69. The summed E-state index contributed by atoms with van der Waals surface area (Å²) in [6, 6.07) is 2.05. The topological polar surface area (TPSA) is 60.6 Å². The fourth-order valence-corrected chi connectivity index (χ4v) is 1.66. The average molecular weight is 220 g/mol. The van der Waals surface area contributed by atoms with Gasteiger partial charge in [-0.3, -0.25) is 4.68 Å². The predicted molar refractivity (Wildman–Crippen MR) is 59.8 cm³/mol. The van der Waals surface area contributed by atoms with Gasteiger partial charge in [-0.2, -0.15) is 5.10 Å². The summed E-state index contributed by atoms with van der Waals surface area (Å²) in [7, 11) is 3.83. The van der Waals surface area contributed by atoms with Crippen LogP contribution in [0, 0.1) is 6.92 Å². The molecule has 1 N–H and O–H groups in total. The summed E-state index contributed by atoms with van der Waals surface area (Å²) < 4.78 is 3.69. The van der Waals surface area contributed by atoms with Gasteiger partial charge in [-0.25, -0.2) is 4.68 Å². The fraction of sp³-hybridized carbons (Fsp3) is 0.500. The third kappa shape index (κ3) is 2.27. The molecule has 0 saturated carbocycles. The van der Waals surface area contributed by atoms with Crippen molar-refractivity contribution in [2.24, 2.45) is 7.05 Å². The molecule has 86 valence electrons. The van der Waals surface area contributed by atoms with Crippen molar-refractivity contribution in [3.63, 3.8) is 0 Å². The average Bonchev–Trinajstić information content (AvgIpc) is 2.76. The molecule has 2 aromatic rings. The van der Waals surface area contributed by atoms with Gasteiger partial charge in [0, 0.05) is 13.6 Å². The second-order valence-electron chi connectivity index (χ2n) is 3.84. The Labute approximate surface area is 94.3 Å². The number of hydrogen-bond acceptors (Lipinski definition) is 4. The Morgan fingerprint density at radius 3 is 2.88 bits per heavy atom. The van der Waals surface area contributed by atoms with Crippen LogP contribution >= 0.6 is 0 Å². The van der Waals surface area contributed by atoms with Crippen molar-refractivity contribution in [2.75, 3.05) is 7.05 Å². The van der Waals surface area contributed by atoms with Crippen LogP contribution in [0.3, 0.4) is 0 Å². The van der Waals surface area contributed by atoms with Crippen LogP contribution in [0.4, 0.5) is 0 Å². The molecule has 6 heteroatoms. The van der Waals surface area contributed by atoms with E-state index in [1.54, 1.807) is 0 Å². The van der Waals surface area contributed by atoms with Crippen LogP contribution in [0.2, 0.25) is 0 Å². The lowest BCUT2D eigenvalue weighted by molar-refractivity contribution is 0.599. The third-order valence-electron chi connectivity index (χ3n) is 2.37. The maximum absolute atomic E-state index is 4.29. The molecule has 2 aromatic heterocycles. The molecule has 0 saturated heterocycles. The summed E-state index contributed by atoms with van der Waals surface area (Å²) in [4.78, 5) is 0. The Bertz CT molecular complexity index is 469. The molecule has 0 aromatic carbocycles. The molecule has 0 fully saturated rings. The lowest BCUT2D eigenvalue weighted by atomic mass is 10.3. The minimum absolute atomic E-state index is 0.702. The van der Waals surface area contributed by atoms with Gasteiger partial charge in [-0.15, -0.1) is 5.10 Å². The Kier molecular flexibility index (Phi) is 3.00. The molecular formula is C10H16N6. The Balaban J connectivity index is 2.11. The van der Waals surface area contributed by atoms with Crippen molar-refractivity contribution >= 4 is 0 Å². The lowest BCUT2D eigenvalue weighted by Gasteiger charge is -2.00. The lowest BCUT2D eigenvalue weighted by Crippen LogP contribution is -2.06. The normalized spacial score (nSPS) is 10.9. The van der Waals surface area contributed by atoms with Crippen LogP contribution < -0.4 is 5.32 Å². The van der Waals surface area contributed by atoms with E-state index >= 15 is 0 Å². The monoisotopic (exact) mass is 220 g/mol. The summed E-state index contributed by atoms with van der Waals surface area (Å²) >= 11 is 0. The molecule has 16 heavy (non-hydrogen) atoms. The first-order chi connectivity index (χ1) is 7.69. The van der Waals surface area contributed by atoms with Gasteiger partial charge in [0.15, 0.2) is 0 Å². The first kappa shape index (κ1) is 10.8. The summed E-state index contributed by atoms with van der Waals surface area (Å²) in [5.74, 6) is 0. The molecule has 6 nitrogen and oxygen atoms in total. The molecule has 0 amide bonds. The molecule has 0 aliphatic rings. The molecule has 0 aliphatic carbocycles. The van der Waals surface area contributed by atoms with E-state index in [0.29, 0.717) is 6.54 Å². The van der Waals surface area contributed by atoms with Gasteiger partial charge in [0.05, 0.1) is 29.8 Å². The summed E-state index contributed by atoms with van der Waals surface area (Å²) in [5, 5.41) is 15.5. The fourth-order valence-electron chi connectivity index (χ4n) is 1.66. The minimum atomic E-state index is 0.702. The predicted octanol–water partition coefficient (Wildman–Crippen LogP) is 0.0877. The van der Waals surface area contributed by atoms with Crippen molar-refractivity contribution in [3.8, 4) is 0 Å². The Morgan fingerprint density at radius 2 is 2.25 bits per heavy atom. The van der Waals surface area contributed by atoms with Crippen LogP contribution in [0.15, 0.2) is 12.3 Å². The first-order valence-electron chi connectivity index (χ1n) is 5.22. The van der Waals surface area contributed by atoms with Crippen LogP contribution in [-0.4, -0.2) is 31.8 Å². The maximum Gasteiger partial charge on any atom is 0.0964 e. The zero-order valence-electron chi connectivity index (χ0n) is 9.80. The van der Waals surface area contributed by atoms with E-state index in [9.17, 15) is 0 Å². The van der Waals surface area contributed by atoms with Crippen molar-refractivity contribution in [3.05, 3.63) is 29.3 Å². The van der Waals surface area contributed by atoms with E-state index in [4.69, 9.17) is 0 Å². The molecule has 2 heterocycles. The van der Waals surface area contributed by atoms with Crippen molar-refractivity contribution < 1.29 is 0 Å². The number of aryl methyl sites for hydroxylation is 2. The van der Waals surface area contributed by atoms with Gasteiger partial charge in [0.1, 0.15) is 0 Å². The highest BCUT2D eigenvalue weighted by Crippen LogP contribution is 2.04. The summed E-state index contributed by atoms with van der Waals surface area (Å²) in [5.41, 5.74) is 3.09. The number of aromatic nitrogens is 5. The highest BCUT2D eigenvalue weighted by atomic mass is 15.4. The highest BCUT2D eigenvalue weighted by Gasteiger charge is 2.05. The van der Waals surface area contributed by atoms with Crippen molar-refractivity contribution in [2.45, 2.75) is 20.0 Å². The Morgan fingerprint density at radius 1 is 1.44 bits per heavy atom. The van der Waals surface area contributed by atoms with E-state index in [1.165, 1.54) is 0 Å². The van der Waals surface area contributed by atoms with Gasteiger partial charge in [0.2, 0.25) is 0 Å². The van der Waals surface area contributed by atoms with Gasteiger partial charge in [-0.1, -0.05) is 5.21 Å². The standard InChI is InChI=1S/C10H16N6/c1-8-4-10(15(3)13-8)7-16-6-9(5-11-2)12-14-16/h4,6,11H,5,7H2,1-3H3. The van der Waals surface area contributed by atoms with Gasteiger partial charge in [0.25, 0.3) is 0 Å². The number of hydrogen-bond donors (Lipinski definition) is 1. The molecule has 0 spiro atoms. The first-order valence-corrected chi connectivity index (χ1v) is 5.22. The second-order valence-corrected chi connectivity index (χ2v) is 3.84. The van der Waals surface area contributed by atoms with E-state index in [-0.39, 0.29) is 0 Å². The van der Waals surface area contributed by atoms with Crippen LogP contribution in [0.1, 0.15) is 17.1 Å². The zero-order valence-corrected chi connectivity index (χ0v) is 9.80. The van der Waals surface area contributed by atoms with E-state index in [2.05, 4.69) is 26.8 Å². The quantitative estimate of drug-likeness (QED) is 0.793. The second kappa shape index (κ2) is 4.44. The molecule has 0 bridgehead atoms. The zero-order chi connectivity index (χ0) is 11.5. The summed E-state index contributed by atoms with van der Waals surface area (Å²) in [6.07, 6.45) is 1.94. The molecular weight excluding hydrogens is 204 g/mol. The van der Waals surface area contributed by atoms with E-state index in [1.807, 2.05) is 36.6 Å². The highest BCUT2D eigenvalue weighted by molar-refractivity contribution is 5.09. The van der Waals surface area contributed by atoms with E-state index < -0.39 is 0 Å². The van der Waals surface area contributed by atoms with Crippen LogP contribution in [-0.2, 0) is 20.1 Å². The largest absolute Gasteiger partial charge is 0.314 e. The maximum atomic E-state index is 4.29. The van der Waals surface area contributed by atoms with Gasteiger partial charge < -0.3 is 5.32 Å². The number of nitrogens with one attached hydrogen (secondary N) is 1. The number of nitrogens with zero attached hydrogens (tertiary/aromatic N) is 5. The number of rotatable bonds is 4. The molecule has 0 unspecified atom stereocenters. The molecule has 0 atom stereocenters.